The maximum absolute atomic E-state index is 12.2. The molecule has 80 valence electrons. The van der Waals surface area contributed by atoms with Gasteiger partial charge >= 0.3 is 0 Å². The van der Waals surface area contributed by atoms with Gasteiger partial charge in [0.05, 0.1) is 17.7 Å². The van der Waals surface area contributed by atoms with Gasteiger partial charge < -0.3 is 9.73 Å². The highest BCUT2D eigenvalue weighted by Crippen LogP contribution is 2.33. The fraction of sp³-hybridized carbons (Fsp3) is 0.154. The Labute approximate surface area is 93.1 Å². The lowest BCUT2D eigenvalue weighted by atomic mass is 9.94. The van der Waals surface area contributed by atoms with Gasteiger partial charge in [-0.2, -0.15) is 0 Å². The molecule has 1 aliphatic heterocycles. The van der Waals surface area contributed by atoms with Crippen LogP contribution >= 0.6 is 0 Å². The number of anilines is 1. The monoisotopic (exact) mass is 213 g/mol. The van der Waals surface area contributed by atoms with Crippen molar-refractivity contribution in [2.75, 3.05) is 11.9 Å². The highest BCUT2D eigenvalue weighted by atomic mass is 16.3. The van der Waals surface area contributed by atoms with E-state index in [0.717, 1.165) is 11.3 Å². The number of carbonyl (C=O) groups is 1. The number of para-hydroxylation sites is 1. The average molecular weight is 213 g/mol. The van der Waals surface area contributed by atoms with E-state index in [4.69, 9.17) is 4.42 Å². The molecule has 3 rings (SSSR count). The van der Waals surface area contributed by atoms with Crippen LogP contribution in [-0.4, -0.2) is 12.3 Å². The standard InChI is InChI=1S/C13H11NO2/c15-13(9-5-6-16-8-9)11-7-14-12-4-2-1-3-10(11)12/h1-6,8,11,14H,7H2. The lowest BCUT2D eigenvalue weighted by Gasteiger charge is -2.06. The van der Waals surface area contributed by atoms with E-state index in [9.17, 15) is 4.79 Å². The van der Waals surface area contributed by atoms with E-state index in [1.165, 1.54) is 12.5 Å². The first-order valence-electron chi connectivity index (χ1n) is 5.25. The Hall–Kier alpha value is -2.03. The molecule has 16 heavy (non-hydrogen) atoms. The Morgan fingerprint density at radius 2 is 2.19 bits per heavy atom. The number of hydrogen-bond acceptors (Lipinski definition) is 3. The SMILES string of the molecule is O=C(c1ccoc1)C1CNc2ccccc21. The zero-order valence-electron chi connectivity index (χ0n) is 8.64. The number of nitrogens with one attached hydrogen (secondary N) is 1. The van der Waals surface area contributed by atoms with Gasteiger partial charge in [-0.3, -0.25) is 4.79 Å². The van der Waals surface area contributed by atoms with Gasteiger partial charge in [0.2, 0.25) is 0 Å². The lowest BCUT2D eigenvalue weighted by Crippen LogP contribution is -2.14. The zero-order valence-corrected chi connectivity index (χ0v) is 8.64. The average Bonchev–Trinajstić information content (AvgIpc) is 2.98. The molecule has 0 aliphatic carbocycles. The van der Waals surface area contributed by atoms with E-state index >= 15 is 0 Å². The number of benzene rings is 1. The molecule has 2 aromatic rings. The van der Waals surface area contributed by atoms with Crippen molar-refractivity contribution in [2.45, 2.75) is 5.92 Å². The van der Waals surface area contributed by atoms with Crippen LogP contribution in [0.25, 0.3) is 0 Å². The minimum Gasteiger partial charge on any atom is -0.472 e. The summed E-state index contributed by atoms with van der Waals surface area (Å²) >= 11 is 0. The first-order chi connectivity index (χ1) is 7.86. The van der Waals surface area contributed by atoms with Crippen LogP contribution in [0.3, 0.4) is 0 Å². The molecule has 2 heterocycles. The second kappa shape index (κ2) is 3.52. The first-order valence-corrected chi connectivity index (χ1v) is 5.25. The molecule has 0 saturated carbocycles. The molecule has 3 nitrogen and oxygen atoms in total. The van der Waals surface area contributed by atoms with Gasteiger partial charge in [-0.15, -0.1) is 0 Å². The fourth-order valence-electron chi connectivity index (χ4n) is 2.12. The van der Waals surface area contributed by atoms with Crippen LogP contribution in [-0.2, 0) is 0 Å². The van der Waals surface area contributed by atoms with Gasteiger partial charge in [0, 0.05) is 12.2 Å². The van der Waals surface area contributed by atoms with Gasteiger partial charge in [-0.25, -0.2) is 0 Å². The van der Waals surface area contributed by atoms with Crippen LogP contribution in [0, 0.1) is 0 Å². The number of fused-ring (bicyclic) bond motifs is 1. The second-order valence-electron chi connectivity index (χ2n) is 3.90. The molecule has 0 radical (unpaired) electrons. The minimum atomic E-state index is -0.0891. The van der Waals surface area contributed by atoms with Crippen molar-refractivity contribution >= 4 is 11.5 Å². The molecular formula is C13H11NO2. The van der Waals surface area contributed by atoms with Crippen molar-refractivity contribution in [1.29, 1.82) is 0 Å². The largest absolute Gasteiger partial charge is 0.472 e. The molecule has 1 N–H and O–H groups in total. The van der Waals surface area contributed by atoms with E-state index in [-0.39, 0.29) is 11.7 Å². The number of furan rings is 1. The smallest absolute Gasteiger partial charge is 0.175 e. The zero-order chi connectivity index (χ0) is 11.0. The predicted octanol–water partition coefficient (Wildman–Crippen LogP) is 2.67. The van der Waals surface area contributed by atoms with Crippen molar-refractivity contribution in [2.24, 2.45) is 0 Å². The molecule has 0 amide bonds. The maximum Gasteiger partial charge on any atom is 0.175 e. The Bertz CT molecular complexity index is 516. The van der Waals surface area contributed by atoms with E-state index in [1.807, 2.05) is 24.3 Å². The van der Waals surface area contributed by atoms with Crippen molar-refractivity contribution in [3.63, 3.8) is 0 Å². The molecule has 0 saturated heterocycles. The molecule has 0 fully saturated rings. The summed E-state index contributed by atoms with van der Waals surface area (Å²) in [5.41, 5.74) is 2.78. The topological polar surface area (TPSA) is 42.2 Å². The summed E-state index contributed by atoms with van der Waals surface area (Å²) in [5.74, 6) is 0.0278. The molecule has 0 spiro atoms. The predicted molar refractivity (Wildman–Crippen MR) is 60.7 cm³/mol. The third kappa shape index (κ3) is 1.33. The summed E-state index contributed by atoms with van der Waals surface area (Å²) < 4.78 is 4.94. The van der Waals surface area contributed by atoms with E-state index in [2.05, 4.69) is 5.32 Å². The minimum absolute atomic E-state index is 0.0891. The Morgan fingerprint density at radius 1 is 1.31 bits per heavy atom. The van der Waals surface area contributed by atoms with Crippen molar-refractivity contribution in [1.82, 2.24) is 0 Å². The third-order valence-electron chi connectivity index (χ3n) is 2.96. The molecule has 1 aliphatic rings. The number of ketones is 1. The summed E-state index contributed by atoms with van der Waals surface area (Å²) in [6.07, 6.45) is 3.03. The summed E-state index contributed by atoms with van der Waals surface area (Å²) in [6, 6.07) is 9.64. The first kappa shape index (κ1) is 9.21. The summed E-state index contributed by atoms with van der Waals surface area (Å²) in [5, 5.41) is 3.24. The van der Waals surface area contributed by atoms with Crippen LogP contribution in [0.2, 0.25) is 0 Å². The molecular weight excluding hydrogens is 202 g/mol. The molecule has 1 unspecified atom stereocenters. The van der Waals surface area contributed by atoms with Crippen LogP contribution in [0.5, 0.6) is 0 Å². The molecule has 0 bridgehead atoms. The summed E-state index contributed by atoms with van der Waals surface area (Å²) in [4.78, 5) is 12.2. The normalized spacial score (nSPS) is 17.9. The quantitative estimate of drug-likeness (QED) is 0.780. The molecule has 1 aromatic carbocycles. The fourth-order valence-corrected chi connectivity index (χ4v) is 2.12. The van der Waals surface area contributed by atoms with Gasteiger partial charge in [0.1, 0.15) is 6.26 Å². The van der Waals surface area contributed by atoms with Crippen molar-refractivity contribution in [3.8, 4) is 0 Å². The maximum atomic E-state index is 12.2. The lowest BCUT2D eigenvalue weighted by molar-refractivity contribution is 0.0966. The molecule has 3 heteroatoms. The number of rotatable bonds is 2. The van der Waals surface area contributed by atoms with Crippen LogP contribution in [0.15, 0.2) is 47.3 Å². The third-order valence-corrected chi connectivity index (χ3v) is 2.96. The van der Waals surface area contributed by atoms with Gasteiger partial charge in [-0.1, -0.05) is 18.2 Å². The number of carbonyl (C=O) groups excluding carboxylic acids is 1. The highest BCUT2D eigenvalue weighted by molar-refractivity contribution is 6.02. The van der Waals surface area contributed by atoms with Crippen molar-refractivity contribution < 1.29 is 9.21 Å². The van der Waals surface area contributed by atoms with Crippen LogP contribution in [0.1, 0.15) is 21.8 Å². The molecule has 1 aromatic heterocycles. The second-order valence-corrected chi connectivity index (χ2v) is 3.90. The Morgan fingerprint density at radius 3 is 3.00 bits per heavy atom. The Balaban J connectivity index is 1.96. The van der Waals surface area contributed by atoms with Crippen molar-refractivity contribution in [3.05, 3.63) is 54.0 Å². The number of Topliss-reactive ketones (excluding diaryl/α,β-unsaturated/α-hetero) is 1. The number of hydrogen-bond donors (Lipinski definition) is 1. The van der Waals surface area contributed by atoms with Gasteiger partial charge in [0.15, 0.2) is 5.78 Å². The van der Waals surface area contributed by atoms with Crippen LogP contribution in [0.4, 0.5) is 5.69 Å². The van der Waals surface area contributed by atoms with Gasteiger partial charge in [-0.05, 0) is 17.7 Å². The highest BCUT2D eigenvalue weighted by Gasteiger charge is 2.29. The molecule has 1 atom stereocenters. The Kier molecular flexibility index (Phi) is 2.03. The van der Waals surface area contributed by atoms with Crippen LogP contribution < -0.4 is 5.32 Å². The summed E-state index contributed by atoms with van der Waals surface area (Å²) in [7, 11) is 0. The van der Waals surface area contributed by atoms with E-state index in [0.29, 0.717) is 12.1 Å². The summed E-state index contributed by atoms with van der Waals surface area (Å²) in [6.45, 7) is 0.670. The van der Waals surface area contributed by atoms with E-state index < -0.39 is 0 Å². The van der Waals surface area contributed by atoms with E-state index in [1.54, 1.807) is 6.07 Å². The van der Waals surface area contributed by atoms with Gasteiger partial charge in [0.25, 0.3) is 0 Å².